The third kappa shape index (κ3) is 6.76. The molecule has 0 aliphatic rings. The number of hydrogen-bond donors (Lipinski definition) is 0. The molecule has 78 valence electrons. The van der Waals surface area contributed by atoms with Crippen molar-refractivity contribution in [1.29, 1.82) is 0 Å². The first-order valence-electron chi connectivity index (χ1n) is 5.40. The SMILES string of the molecule is CCCN(CC)CCC(C)CC=O. The molecule has 0 bridgehead atoms. The molecule has 0 saturated heterocycles. The molecule has 1 atom stereocenters. The summed E-state index contributed by atoms with van der Waals surface area (Å²) < 4.78 is 0. The minimum absolute atomic E-state index is 0.545. The van der Waals surface area contributed by atoms with Crippen molar-refractivity contribution in [2.24, 2.45) is 5.92 Å². The summed E-state index contributed by atoms with van der Waals surface area (Å²) >= 11 is 0. The molecule has 0 radical (unpaired) electrons. The molecule has 0 aromatic carbocycles. The smallest absolute Gasteiger partial charge is 0.120 e. The zero-order chi connectivity index (χ0) is 10.1. The van der Waals surface area contributed by atoms with E-state index in [0.717, 1.165) is 25.8 Å². The Balaban J connectivity index is 3.51. The molecule has 0 aromatic rings. The van der Waals surface area contributed by atoms with E-state index < -0.39 is 0 Å². The quantitative estimate of drug-likeness (QED) is 0.541. The van der Waals surface area contributed by atoms with Crippen LogP contribution in [0.1, 0.15) is 40.0 Å². The fourth-order valence-corrected chi connectivity index (χ4v) is 1.43. The second-order valence-electron chi connectivity index (χ2n) is 3.73. The molecule has 0 amide bonds. The minimum Gasteiger partial charge on any atom is -0.304 e. The van der Waals surface area contributed by atoms with Gasteiger partial charge in [-0.2, -0.15) is 0 Å². The van der Waals surface area contributed by atoms with Crippen LogP contribution in [0.3, 0.4) is 0 Å². The van der Waals surface area contributed by atoms with Crippen molar-refractivity contribution in [1.82, 2.24) is 4.90 Å². The van der Waals surface area contributed by atoms with Crippen molar-refractivity contribution in [2.75, 3.05) is 19.6 Å². The van der Waals surface area contributed by atoms with Crippen LogP contribution < -0.4 is 0 Å². The lowest BCUT2D eigenvalue weighted by molar-refractivity contribution is -0.108. The van der Waals surface area contributed by atoms with Crippen molar-refractivity contribution in [3.8, 4) is 0 Å². The molecule has 0 N–H and O–H groups in total. The Hall–Kier alpha value is -0.370. The normalized spacial score (nSPS) is 13.2. The van der Waals surface area contributed by atoms with E-state index in [2.05, 4.69) is 25.7 Å². The van der Waals surface area contributed by atoms with Gasteiger partial charge in [0.05, 0.1) is 0 Å². The predicted molar refractivity (Wildman–Crippen MR) is 56.9 cm³/mol. The van der Waals surface area contributed by atoms with Crippen LogP contribution >= 0.6 is 0 Å². The zero-order valence-electron chi connectivity index (χ0n) is 9.25. The Kier molecular flexibility index (Phi) is 8.00. The van der Waals surface area contributed by atoms with Crippen molar-refractivity contribution in [2.45, 2.75) is 40.0 Å². The highest BCUT2D eigenvalue weighted by molar-refractivity contribution is 5.49. The molecule has 0 rings (SSSR count). The van der Waals surface area contributed by atoms with E-state index in [1.165, 1.54) is 13.0 Å². The first-order valence-corrected chi connectivity index (χ1v) is 5.40. The maximum Gasteiger partial charge on any atom is 0.120 e. The van der Waals surface area contributed by atoms with E-state index in [-0.39, 0.29) is 0 Å². The summed E-state index contributed by atoms with van der Waals surface area (Å²) in [5, 5.41) is 0. The lowest BCUT2D eigenvalue weighted by Crippen LogP contribution is -2.26. The van der Waals surface area contributed by atoms with E-state index in [9.17, 15) is 4.79 Å². The fraction of sp³-hybridized carbons (Fsp3) is 0.909. The third-order valence-electron chi connectivity index (χ3n) is 2.42. The van der Waals surface area contributed by atoms with Gasteiger partial charge < -0.3 is 9.69 Å². The number of carbonyl (C=O) groups excluding carboxylic acids is 1. The molecule has 2 heteroatoms. The van der Waals surface area contributed by atoms with Crippen LogP contribution in [0, 0.1) is 5.92 Å². The summed E-state index contributed by atoms with van der Waals surface area (Å²) in [6.45, 7) is 10.00. The van der Waals surface area contributed by atoms with Gasteiger partial charge in [-0.15, -0.1) is 0 Å². The number of hydrogen-bond acceptors (Lipinski definition) is 2. The lowest BCUT2D eigenvalue weighted by Gasteiger charge is -2.20. The first kappa shape index (κ1) is 12.6. The maximum absolute atomic E-state index is 10.2. The zero-order valence-corrected chi connectivity index (χ0v) is 9.25. The molecule has 0 spiro atoms. The van der Waals surface area contributed by atoms with Crippen molar-refractivity contribution >= 4 is 6.29 Å². The van der Waals surface area contributed by atoms with Crippen molar-refractivity contribution in [3.05, 3.63) is 0 Å². The average Bonchev–Trinajstić information content (AvgIpc) is 2.12. The van der Waals surface area contributed by atoms with Crippen molar-refractivity contribution < 1.29 is 4.79 Å². The number of aldehydes is 1. The summed E-state index contributed by atoms with van der Waals surface area (Å²) in [7, 11) is 0. The summed E-state index contributed by atoms with van der Waals surface area (Å²) in [6.07, 6.45) is 4.10. The molecule has 0 aliphatic carbocycles. The Morgan fingerprint density at radius 3 is 2.46 bits per heavy atom. The molecule has 0 aromatic heterocycles. The fourth-order valence-electron chi connectivity index (χ4n) is 1.43. The highest BCUT2D eigenvalue weighted by atomic mass is 16.1. The molecule has 1 unspecified atom stereocenters. The van der Waals surface area contributed by atoms with Crippen molar-refractivity contribution in [3.63, 3.8) is 0 Å². The highest BCUT2D eigenvalue weighted by Crippen LogP contribution is 2.06. The van der Waals surface area contributed by atoms with Gasteiger partial charge in [-0.25, -0.2) is 0 Å². The summed E-state index contributed by atoms with van der Waals surface area (Å²) in [4.78, 5) is 12.7. The van der Waals surface area contributed by atoms with Crippen LogP contribution in [-0.4, -0.2) is 30.8 Å². The van der Waals surface area contributed by atoms with Gasteiger partial charge in [-0.05, 0) is 38.4 Å². The average molecular weight is 185 g/mol. The van der Waals surface area contributed by atoms with Crippen LogP contribution in [0.4, 0.5) is 0 Å². The van der Waals surface area contributed by atoms with Gasteiger partial charge in [-0.3, -0.25) is 0 Å². The van der Waals surface area contributed by atoms with Gasteiger partial charge in [-0.1, -0.05) is 20.8 Å². The van der Waals surface area contributed by atoms with Gasteiger partial charge >= 0.3 is 0 Å². The molecular formula is C11H23NO. The van der Waals surface area contributed by atoms with Gasteiger partial charge in [0.25, 0.3) is 0 Å². The Morgan fingerprint density at radius 1 is 1.31 bits per heavy atom. The minimum atomic E-state index is 0.545. The van der Waals surface area contributed by atoms with Gasteiger partial charge in [0.2, 0.25) is 0 Å². The van der Waals surface area contributed by atoms with E-state index in [1.807, 2.05) is 0 Å². The predicted octanol–water partition coefficient (Wildman–Crippen LogP) is 2.33. The second kappa shape index (κ2) is 8.24. The topological polar surface area (TPSA) is 20.3 Å². The van der Waals surface area contributed by atoms with Gasteiger partial charge in [0.1, 0.15) is 6.29 Å². The Bertz CT molecular complexity index is 125. The third-order valence-corrected chi connectivity index (χ3v) is 2.42. The molecular weight excluding hydrogens is 162 g/mol. The number of rotatable bonds is 8. The van der Waals surface area contributed by atoms with Gasteiger partial charge in [0.15, 0.2) is 0 Å². The van der Waals surface area contributed by atoms with E-state index >= 15 is 0 Å². The van der Waals surface area contributed by atoms with Crippen LogP contribution in [0.5, 0.6) is 0 Å². The number of carbonyl (C=O) groups is 1. The Morgan fingerprint density at radius 2 is 2.00 bits per heavy atom. The molecule has 0 fully saturated rings. The second-order valence-corrected chi connectivity index (χ2v) is 3.73. The van der Waals surface area contributed by atoms with Crippen LogP contribution in [0.2, 0.25) is 0 Å². The van der Waals surface area contributed by atoms with Crippen LogP contribution in [-0.2, 0) is 4.79 Å². The number of nitrogens with zero attached hydrogens (tertiary/aromatic N) is 1. The monoisotopic (exact) mass is 185 g/mol. The van der Waals surface area contributed by atoms with Crippen LogP contribution in [0.25, 0.3) is 0 Å². The van der Waals surface area contributed by atoms with Gasteiger partial charge in [0, 0.05) is 6.42 Å². The molecule has 2 nitrogen and oxygen atoms in total. The standard InChI is InChI=1S/C11H23NO/c1-4-8-12(5-2)9-6-11(3)7-10-13/h10-11H,4-9H2,1-3H3. The lowest BCUT2D eigenvalue weighted by atomic mass is 10.0. The highest BCUT2D eigenvalue weighted by Gasteiger charge is 2.04. The van der Waals surface area contributed by atoms with E-state index in [4.69, 9.17) is 0 Å². The first-order chi connectivity index (χ1) is 6.24. The Labute approximate surface area is 82.3 Å². The largest absolute Gasteiger partial charge is 0.304 e. The van der Waals surface area contributed by atoms with E-state index in [0.29, 0.717) is 12.3 Å². The molecule has 0 aliphatic heterocycles. The van der Waals surface area contributed by atoms with E-state index in [1.54, 1.807) is 0 Å². The summed E-state index contributed by atoms with van der Waals surface area (Å²) in [5.74, 6) is 0.545. The molecule has 0 heterocycles. The molecule has 0 saturated carbocycles. The summed E-state index contributed by atoms with van der Waals surface area (Å²) in [5.41, 5.74) is 0. The summed E-state index contributed by atoms with van der Waals surface area (Å²) in [6, 6.07) is 0. The van der Waals surface area contributed by atoms with Crippen LogP contribution in [0.15, 0.2) is 0 Å². The maximum atomic E-state index is 10.2. The molecule has 13 heavy (non-hydrogen) atoms.